The number of nitrogens with one attached hydrogen (secondary N) is 1. The van der Waals surface area contributed by atoms with Crippen LogP contribution < -0.4 is 10.2 Å². The molecule has 23 heavy (non-hydrogen) atoms. The molecule has 0 aliphatic carbocycles. The first-order chi connectivity index (χ1) is 11.3. The molecule has 6 nitrogen and oxygen atoms in total. The van der Waals surface area contributed by atoms with Gasteiger partial charge in [0.2, 0.25) is 5.95 Å². The highest BCUT2D eigenvalue weighted by atomic mass is 16.2. The van der Waals surface area contributed by atoms with Crippen LogP contribution in [0.15, 0.2) is 55.0 Å². The number of carbonyl (C=O) groups excluding carboxylic acids is 1. The fraction of sp³-hybridized carbons (Fsp3) is 0.235. The molecule has 1 aliphatic rings. The molecule has 3 rings (SSSR count). The van der Waals surface area contributed by atoms with Gasteiger partial charge in [0.1, 0.15) is 0 Å². The summed E-state index contributed by atoms with van der Waals surface area (Å²) in [5, 5.41) is 2.81. The molecule has 6 heteroatoms. The number of rotatable bonds is 3. The van der Waals surface area contributed by atoms with E-state index in [1.165, 1.54) is 0 Å². The van der Waals surface area contributed by atoms with Crippen molar-refractivity contribution in [3.05, 3.63) is 60.6 Å². The lowest BCUT2D eigenvalue weighted by atomic mass is 10.2. The van der Waals surface area contributed by atoms with Crippen molar-refractivity contribution in [3.8, 4) is 0 Å². The van der Waals surface area contributed by atoms with E-state index in [1.54, 1.807) is 29.6 Å². The summed E-state index contributed by atoms with van der Waals surface area (Å²) in [6.07, 6.45) is 7.03. The molecule has 0 atom stereocenters. The molecule has 1 N–H and O–H groups in total. The molecule has 0 spiro atoms. The maximum Gasteiger partial charge on any atom is 0.321 e. The van der Waals surface area contributed by atoms with Gasteiger partial charge in [0.25, 0.3) is 0 Å². The van der Waals surface area contributed by atoms with Gasteiger partial charge in [-0.3, -0.25) is 0 Å². The van der Waals surface area contributed by atoms with Crippen molar-refractivity contribution in [2.75, 3.05) is 31.1 Å². The van der Waals surface area contributed by atoms with Crippen molar-refractivity contribution in [2.45, 2.75) is 0 Å². The zero-order valence-corrected chi connectivity index (χ0v) is 12.8. The second-order valence-electron chi connectivity index (χ2n) is 5.22. The molecule has 2 aromatic rings. The summed E-state index contributed by atoms with van der Waals surface area (Å²) in [4.78, 5) is 24.5. The van der Waals surface area contributed by atoms with Crippen molar-refractivity contribution >= 4 is 18.1 Å². The highest BCUT2D eigenvalue weighted by molar-refractivity contribution is 5.76. The Labute approximate surface area is 135 Å². The number of hydrogen-bond acceptors (Lipinski definition) is 4. The Morgan fingerprint density at radius 2 is 1.70 bits per heavy atom. The number of hydrogen-bond donors (Lipinski definition) is 1. The minimum absolute atomic E-state index is 0.0780. The van der Waals surface area contributed by atoms with Crippen LogP contribution in [0.3, 0.4) is 0 Å². The highest BCUT2D eigenvalue weighted by Gasteiger charge is 2.21. The Morgan fingerprint density at radius 1 is 1.00 bits per heavy atom. The molecule has 118 valence electrons. The molecule has 0 bridgehead atoms. The topological polar surface area (TPSA) is 61.4 Å². The van der Waals surface area contributed by atoms with Crippen LogP contribution in [0.4, 0.5) is 10.7 Å². The van der Waals surface area contributed by atoms with Crippen LogP contribution in [0, 0.1) is 0 Å². The molecule has 2 heterocycles. The molecule has 1 aromatic heterocycles. The summed E-state index contributed by atoms with van der Waals surface area (Å²) in [7, 11) is 0. The molecule has 0 radical (unpaired) electrons. The number of amides is 2. The monoisotopic (exact) mass is 309 g/mol. The van der Waals surface area contributed by atoms with Crippen LogP contribution >= 0.6 is 0 Å². The van der Waals surface area contributed by atoms with Crippen molar-refractivity contribution in [1.29, 1.82) is 0 Å². The predicted octanol–water partition coefficient (Wildman–Crippen LogP) is 1.98. The van der Waals surface area contributed by atoms with E-state index in [1.807, 2.05) is 36.4 Å². The average Bonchev–Trinajstić information content (AvgIpc) is 2.63. The number of nitrogens with zero attached hydrogens (tertiary/aromatic N) is 4. The fourth-order valence-corrected chi connectivity index (χ4v) is 2.43. The van der Waals surface area contributed by atoms with Crippen molar-refractivity contribution < 1.29 is 4.79 Å². The molecule has 2 amide bonds. The third-order valence-corrected chi connectivity index (χ3v) is 3.68. The maximum atomic E-state index is 12.1. The van der Waals surface area contributed by atoms with Gasteiger partial charge in [-0.1, -0.05) is 30.3 Å². The SMILES string of the molecule is O=C(N/C=C/c1ccccc1)N1CCN(c2ncccn2)CC1. The zero-order chi connectivity index (χ0) is 15.9. The summed E-state index contributed by atoms with van der Waals surface area (Å²) < 4.78 is 0. The standard InChI is InChI=1S/C17H19N5O/c23-17(20-10-7-15-5-2-1-3-6-15)22-13-11-21(12-14-22)16-18-8-4-9-19-16/h1-10H,11-14H2,(H,20,23)/b10-7+. The van der Waals surface area contributed by atoms with Gasteiger partial charge in [0.05, 0.1) is 0 Å². The van der Waals surface area contributed by atoms with Crippen LogP contribution in [0.1, 0.15) is 5.56 Å². The summed E-state index contributed by atoms with van der Waals surface area (Å²) in [5.41, 5.74) is 1.05. The lowest BCUT2D eigenvalue weighted by Gasteiger charge is -2.34. The number of piperazine rings is 1. The number of aromatic nitrogens is 2. The molecule has 0 unspecified atom stereocenters. The van der Waals surface area contributed by atoms with Crippen molar-refractivity contribution in [1.82, 2.24) is 20.2 Å². The lowest BCUT2D eigenvalue weighted by molar-refractivity contribution is 0.198. The van der Waals surface area contributed by atoms with Gasteiger partial charge < -0.3 is 15.1 Å². The molecular weight excluding hydrogens is 290 g/mol. The van der Waals surface area contributed by atoms with Gasteiger partial charge in [0, 0.05) is 44.8 Å². The van der Waals surface area contributed by atoms with Crippen LogP contribution in [0.2, 0.25) is 0 Å². The van der Waals surface area contributed by atoms with E-state index < -0.39 is 0 Å². The van der Waals surface area contributed by atoms with E-state index in [9.17, 15) is 4.79 Å². The smallest absolute Gasteiger partial charge is 0.321 e. The predicted molar refractivity (Wildman–Crippen MR) is 89.8 cm³/mol. The molecule has 1 saturated heterocycles. The number of carbonyl (C=O) groups is 1. The quantitative estimate of drug-likeness (QED) is 0.942. The first-order valence-electron chi connectivity index (χ1n) is 7.62. The third kappa shape index (κ3) is 4.06. The zero-order valence-electron chi connectivity index (χ0n) is 12.8. The molecular formula is C17H19N5O. The Hall–Kier alpha value is -2.89. The number of benzene rings is 1. The normalized spacial score (nSPS) is 15.0. The summed E-state index contributed by atoms with van der Waals surface area (Å²) >= 11 is 0. The summed E-state index contributed by atoms with van der Waals surface area (Å²) in [5.74, 6) is 0.719. The minimum Gasteiger partial charge on any atom is -0.337 e. The average molecular weight is 309 g/mol. The largest absolute Gasteiger partial charge is 0.337 e. The van der Waals surface area contributed by atoms with Gasteiger partial charge in [-0.15, -0.1) is 0 Å². The maximum absolute atomic E-state index is 12.1. The second-order valence-corrected chi connectivity index (χ2v) is 5.22. The highest BCUT2D eigenvalue weighted by Crippen LogP contribution is 2.09. The Kier molecular flexibility index (Phi) is 4.83. The second kappa shape index (κ2) is 7.40. The van der Waals surface area contributed by atoms with Gasteiger partial charge >= 0.3 is 6.03 Å². The molecule has 0 saturated carbocycles. The van der Waals surface area contributed by atoms with E-state index in [-0.39, 0.29) is 6.03 Å². The van der Waals surface area contributed by atoms with Gasteiger partial charge in [-0.2, -0.15) is 0 Å². The summed E-state index contributed by atoms with van der Waals surface area (Å²) in [6.45, 7) is 2.78. The van der Waals surface area contributed by atoms with E-state index in [0.717, 1.165) is 24.6 Å². The van der Waals surface area contributed by atoms with Crippen molar-refractivity contribution in [2.24, 2.45) is 0 Å². The van der Waals surface area contributed by atoms with Gasteiger partial charge in [-0.25, -0.2) is 14.8 Å². The van der Waals surface area contributed by atoms with E-state index in [4.69, 9.17) is 0 Å². The van der Waals surface area contributed by atoms with E-state index in [2.05, 4.69) is 20.2 Å². The number of anilines is 1. The van der Waals surface area contributed by atoms with Crippen LogP contribution in [-0.2, 0) is 0 Å². The molecule has 1 aliphatic heterocycles. The molecule has 1 aromatic carbocycles. The minimum atomic E-state index is -0.0780. The summed E-state index contributed by atoms with van der Waals surface area (Å²) in [6, 6.07) is 11.6. The molecule has 1 fully saturated rings. The number of urea groups is 1. The van der Waals surface area contributed by atoms with Gasteiger partial charge in [0.15, 0.2) is 0 Å². The Balaban J connectivity index is 1.48. The van der Waals surface area contributed by atoms with Crippen LogP contribution in [0.5, 0.6) is 0 Å². The van der Waals surface area contributed by atoms with Crippen LogP contribution in [-0.4, -0.2) is 47.1 Å². The van der Waals surface area contributed by atoms with Gasteiger partial charge in [-0.05, 0) is 17.7 Å². The first-order valence-corrected chi connectivity index (χ1v) is 7.62. The van der Waals surface area contributed by atoms with Crippen molar-refractivity contribution in [3.63, 3.8) is 0 Å². The van der Waals surface area contributed by atoms with Crippen LogP contribution in [0.25, 0.3) is 6.08 Å². The van der Waals surface area contributed by atoms with E-state index in [0.29, 0.717) is 13.1 Å². The lowest BCUT2D eigenvalue weighted by Crippen LogP contribution is -2.51. The van der Waals surface area contributed by atoms with E-state index >= 15 is 0 Å². The third-order valence-electron chi connectivity index (χ3n) is 3.68. The Bertz CT molecular complexity index is 651. The first kappa shape index (κ1) is 15.0. The fourth-order valence-electron chi connectivity index (χ4n) is 2.43. The Morgan fingerprint density at radius 3 is 2.39 bits per heavy atom.